The molecule has 0 bridgehead atoms. The summed E-state index contributed by atoms with van der Waals surface area (Å²) in [5, 5.41) is 7.66. The lowest BCUT2D eigenvalue weighted by atomic mass is 10.1. The normalized spacial score (nSPS) is 20.9. The van der Waals surface area contributed by atoms with Gasteiger partial charge in [0, 0.05) is 12.8 Å². The molecule has 1 N–H and O–H groups in total. The molecule has 1 amide bonds. The molecule has 2 unspecified atom stereocenters. The van der Waals surface area contributed by atoms with Gasteiger partial charge in [0.15, 0.2) is 0 Å². The summed E-state index contributed by atoms with van der Waals surface area (Å²) >= 11 is 5.89. The lowest BCUT2D eigenvalue weighted by Gasteiger charge is -2.19. The summed E-state index contributed by atoms with van der Waals surface area (Å²) in [4.78, 5) is 11.8. The molecular weight excluding hydrogens is 254 g/mol. The number of hydrogen-bond donors (Lipinski definition) is 1. The van der Waals surface area contributed by atoms with Gasteiger partial charge in [-0.3, -0.25) is 9.48 Å². The van der Waals surface area contributed by atoms with E-state index in [1.165, 1.54) is 0 Å². The van der Waals surface area contributed by atoms with Crippen molar-refractivity contribution in [1.29, 1.82) is 0 Å². The highest BCUT2D eigenvalue weighted by atomic mass is 35.5. The number of carbonyl (C=O) groups is 1. The Bertz CT molecular complexity index is 407. The third-order valence-electron chi connectivity index (χ3n) is 3.10. The van der Waals surface area contributed by atoms with Gasteiger partial charge in [0.1, 0.15) is 6.54 Å². The highest BCUT2D eigenvalue weighted by Gasteiger charge is 2.23. The number of nitrogens with zero attached hydrogens (tertiary/aromatic N) is 2. The number of rotatable bonds is 4. The van der Waals surface area contributed by atoms with E-state index in [0.717, 1.165) is 25.1 Å². The molecule has 1 aliphatic heterocycles. The fourth-order valence-electron chi connectivity index (χ4n) is 2.11. The number of hydrogen-bond acceptors (Lipinski definition) is 3. The molecule has 1 aliphatic rings. The predicted molar refractivity (Wildman–Crippen MR) is 68.6 cm³/mol. The Morgan fingerprint density at radius 2 is 2.56 bits per heavy atom. The molecule has 6 heteroatoms. The molecule has 18 heavy (non-hydrogen) atoms. The molecule has 0 spiro atoms. The van der Waals surface area contributed by atoms with Crippen molar-refractivity contribution in [2.24, 2.45) is 0 Å². The summed E-state index contributed by atoms with van der Waals surface area (Å²) < 4.78 is 7.08. The second-order valence-corrected chi connectivity index (χ2v) is 5.07. The molecule has 1 aromatic heterocycles. The average molecular weight is 272 g/mol. The van der Waals surface area contributed by atoms with Gasteiger partial charge in [-0.05, 0) is 26.7 Å². The van der Waals surface area contributed by atoms with Crippen LogP contribution in [0.4, 0.5) is 0 Å². The smallest absolute Gasteiger partial charge is 0.242 e. The Morgan fingerprint density at radius 1 is 1.78 bits per heavy atom. The van der Waals surface area contributed by atoms with Crippen LogP contribution in [0.25, 0.3) is 0 Å². The summed E-state index contributed by atoms with van der Waals surface area (Å²) in [5.41, 5.74) is 0.733. The molecule has 1 fully saturated rings. The van der Waals surface area contributed by atoms with Crippen molar-refractivity contribution in [3.8, 4) is 0 Å². The van der Waals surface area contributed by atoms with Gasteiger partial charge in [0.25, 0.3) is 0 Å². The summed E-state index contributed by atoms with van der Waals surface area (Å²) in [6.45, 7) is 4.75. The van der Waals surface area contributed by atoms with Crippen LogP contribution in [-0.4, -0.2) is 34.4 Å². The van der Waals surface area contributed by atoms with Crippen molar-refractivity contribution >= 4 is 17.5 Å². The predicted octanol–water partition coefficient (Wildman–Crippen LogP) is 1.53. The van der Waals surface area contributed by atoms with Crippen LogP contribution < -0.4 is 5.32 Å². The molecule has 0 saturated carbocycles. The zero-order valence-corrected chi connectivity index (χ0v) is 11.4. The van der Waals surface area contributed by atoms with Crippen LogP contribution in [0, 0.1) is 6.92 Å². The first-order valence-corrected chi connectivity index (χ1v) is 6.54. The third-order valence-corrected chi connectivity index (χ3v) is 3.47. The molecule has 0 aromatic carbocycles. The fraction of sp³-hybridized carbons (Fsp3) is 0.667. The number of ether oxygens (including phenoxy) is 1. The van der Waals surface area contributed by atoms with Crippen molar-refractivity contribution in [3.63, 3.8) is 0 Å². The highest BCUT2D eigenvalue weighted by Crippen LogP contribution is 2.15. The fourth-order valence-corrected chi connectivity index (χ4v) is 2.26. The van der Waals surface area contributed by atoms with Crippen molar-refractivity contribution in [1.82, 2.24) is 15.1 Å². The zero-order chi connectivity index (χ0) is 13.1. The number of nitrogens with one attached hydrogen (secondary N) is 1. The number of aromatic nitrogens is 2. The first-order chi connectivity index (χ1) is 8.56. The quantitative estimate of drug-likeness (QED) is 0.904. The first kappa shape index (κ1) is 13.4. The van der Waals surface area contributed by atoms with Gasteiger partial charge >= 0.3 is 0 Å². The van der Waals surface area contributed by atoms with Crippen LogP contribution in [-0.2, 0) is 16.1 Å². The van der Waals surface area contributed by atoms with E-state index in [2.05, 4.69) is 10.4 Å². The first-order valence-electron chi connectivity index (χ1n) is 6.17. The molecule has 2 rings (SSSR count). The van der Waals surface area contributed by atoms with E-state index in [-0.39, 0.29) is 24.6 Å². The van der Waals surface area contributed by atoms with Crippen LogP contribution in [0.1, 0.15) is 25.5 Å². The second kappa shape index (κ2) is 5.71. The minimum Gasteiger partial charge on any atom is -0.376 e. The maximum atomic E-state index is 11.8. The largest absolute Gasteiger partial charge is 0.376 e. The molecule has 2 heterocycles. The molecule has 1 saturated heterocycles. The van der Waals surface area contributed by atoms with Crippen molar-refractivity contribution in [2.75, 3.05) is 6.61 Å². The molecule has 1 aromatic rings. The van der Waals surface area contributed by atoms with E-state index in [1.54, 1.807) is 10.9 Å². The topological polar surface area (TPSA) is 56.2 Å². The third kappa shape index (κ3) is 3.23. The van der Waals surface area contributed by atoms with E-state index in [4.69, 9.17) is 16.3 Å². The molecular formula is C12H18ClN3O2. The Balaban J connectivity index is 1.84. The van der Waals surface area contributed by atoms with Crippen LogP contribution in [0.15, 0.2) is 6.20 Å². The number of carbonyl (C=O) groups excluding carboxylic acids is 1. The Kier molecular flexibility index (Phi) is 4.24. The van der Waals surface area contributed by atoms with Gasteiger partial charge in [-0.2, -0.15) is 5.10 Å². The lowest BCUT2D eigenvalue weighted by molar-refractivity contribution is -0.123. The Labute approximate surface area is 111 Å². The van der Waals surface area contributed by atoms with E-state index in [9.17, 15) is 4.79 Å². The number of aryl methyl sites for hydroxylation is 1. The second-order valence-electron chi connectivity index (χ2n) is 4.67. The minimum atomic E-state index is -0.0721. The summed E-state index contributed by atoms with van der Waals surface area (Å²) in [5.74, 6) is -0.0721. The minimum absolute atomic E-state index is 0.0344. The van der Waals surface area contributed by atoms with Crippen LogP contribution in [0.2, 0.25) is 5.02 Å². The lowest BCUT2D eigenvalue weighted by Crippen LogP contribution is -2.42. The number of amides is 1. The van der Waals surface area contributed by atoms with E-state index in [1.807, 2.05) is 13.8 Å². The SMILES string of the molecule is Cc1nn(CC(=O)NC(C)C2CCCO2)cc1Cl. The van der Waals surface area contributed by atoms with E-state index in [0.29, 0.717) is 5.02 Å². The Morgan fingerprint density at radius 3 is 3.11 bits per heavy atom. The van der Waals surface area contributed by atoms with Gasteiger partial charge < -0.3 is 10.1 Å². The zero-order valence-electron chi connectivity index (χ0n) is 10.6. The molecule has 2 atom stereocenters. The maximum Gasteiger partial charge on any atom is 0.242 e. The van der Waals surface area contributed by atoms with Crippen LogP contribution in [0.3, 0.4) is 0 Å². The molecule has 100 valence electrons. The average Bonchev–Trinajstić information content (AvgIpc) is 2.89. The van der Waals surface area contributed by atoms with Crippen molar-refractivity contribution in [3.05, 3.63) is 16.9 Å². The van der Waals surface area contributed by atoms with E-state index >= 15 is 0 Å². The highest BCUT2D eigenvalue weighted by molar-refractivity contribution is 6.31. The molecule has 0 radical (unpaired) electrons. The maximum absolute atomic E-state index is 11.8. The monoisotopic (exact) mass is 271 g/mol. The van der Waals surface area contributed by atoms with E-state index < -0.39 is 0 Å². The standard InChI is InChI=1S/C12H18ClN3O2/c1-8-10(13)6-16(15-8)7-12(17)14-9(2)11-4-3-5-18-11/h6,9,11H,3-5,7H2,1-2H3,(H,14,17). The van der Waals surface area contributed by atoms with Crippen LogP contribution in [0.5, 0.6) is 0 Å². The van der Waals surface area contributed by atoms with Crippen LogP contribution >= 0.6 is 11.6 Å². The van der Waals surface area contributed by atoms with Crippen molar-refractivity contribution in [2.45, 2.75) is 45.4 Å². The van der Waals surface area contributed by atoms with Gasteiger partial charge in [0.2, 0.25) is 5.91 Å². The summed E-state index contributed by atoms with van der Waals surface area (Å²) in [7, 11) is 0. The van der Waals surface area contributed by atoms with Gasteiger partial charge in [-0.25, -0.2) is 0 Å². The molecule has 5 nitrogen and oxygen atoms in total. The van der Waals surface area contributed by atoms with Gasteiger partial charge in [-0.15, -0.1) is 0 Å². The summed E-state index contributed by atoms with van der Waals surface area (Å²) in [6, 6.07) is 0.0344. The molecule has 0 aliphatic carbocycles. The van der Waals surface area contributed by atoms with Gasteiger partial charge in [0.05, 0.1) is 22.9 Å². The van der Waals surface area contributed by atoms with Gasteiger partial charge in [-0.1, -0.05) is 11.6 Å². The summed E-state index contributed by atoms with van der Waals surface area (Å²) in [6.07, 6.45) is 3.87. The number of halogens is 1. The Hall–Kier alpha value is -1.07. The van der Waals surface area contributed by atoms with Crippen molar-refractivity contribution < 1.29 is 9.53 Å².